The minimum absolute atomic E-state index is 0.0538. The van der Waals surface area contributed by atoms with Crippen molar-refractivity contribution in [3.63, 3.8) is 0 Å². The average Bonchev–Trinajstić information content (AvgIpc) is 2.47. The number of esters is 1. The van der Waals surface area contributed by atoms with Crippen LogP contribution in [0.4, 0.5) is 4.79 Å². The molecule has 0 fully saturated rings. The number of thioether (sulfide) groups is 1. The molecule has 0 aliphatic rings. The second kappa shape index (κ2) is 8.31. The van der Waals surface area contributed by atoms with Crippen LogP contribution in [0, 0.1) is 6.92 Å². The number of nitrogens with one attached hydrogen (secondary N) is 1. The number of aryl methyl sites for hydroxylation is 1. The molecule has 114 valence electrons. The molecule has 0 saturated carbocycles. The predicted molar refractivity (Wildman–Crippen MR) is 82.1 cm³/mol. The number of rotatable bonds is 6. The van der Waals surface area contributed by atoms with Gasteiger partial charge in [0.2, 0.25) is 0 Å². The van der Waals surface area contributed by atoms with Gasteiger partial charge in [0, 0.05) is 17.5 Å². The van der Waals surface area contributed by atoms with E-state index >= 15 is 0 Å². The van der Waals surface area contributed by atoms with Gasteiger partial charge in [0.25, 0.3) is 5.24 Å². The van der Waals surface area contributed by atoms with Gasteiger partial charge in [-0.2, -0.15) is 0 Å². The highest BCUT2D eigenvalue weighted by Gasteiger charge is 2.13. The number of pyridine rings is 1. The molecular weight excluding hydrogens is 292 g/mol. The number of aromatic hydroxyl groups is 1. The van der Waals surface area contributed by atoms with Crippen LogP contribution in [0.1, 0.15) is 23.7 Å². The van der Waals surface area contributed by atoms with E-state index in [1.165, 1.54) is 0 Å². The van der Waals surface area contributed by atoms with Crippen molar-refractivity contribution in [2.45, 2.75) is 19.6 Å². The van der Waals surface area contributed by atoms with E-state index in [0.717, 1.165) is 11.8 Å². The first-order valence-electron chi connectivity index (χ1n) is 6.35. The van der Waals surface area contributed by atoms with Crippen molar-refractivity contribution >= 4 is 29.0 Å². The number of amides is 1. The monoisotopic (exact) mass is 310 g/mol. The van der Waals surface area contributed by atoms with Gasteiger partial charge in [-0.1, -0.05) is 24.4 Å². The molecule has 0 unspecified atom stereocenters. The molecule has 1 aromatic rings. The van der Waals surface area contributed by atoms with Gasteiger partial charge >= 0.3 is 5.97 Å². The minimum atomic E-state index is -0.485. The number of nitrogens with zero attached hydrogens (tertiary/aromatic N) is 1. The van der Waals surface area contributed by atoms with E-state index in [1.54, 1.807) is 26.1 Å². The fourth-order valence-corrected chi connectivity index (χ4v) is 2.29. The van der Waals surface area contributed by atoms with Crippen LogP contribution in [0.3, 0.4) is 0 Å². The Morgan fingerprint density at radius 1 is 1.57 bits per heavy atom. The molecule has 0 aliphatic heterocycles. The number of carbonyl (C=O) groups excluding carboxylic acids is 2. The summed E-state index contributed by atoms with van der Waals surface area (Å²) in [6.45, 7) is 7.12. The van der Waals surface area contributed by atoms with Gasteiger partial charge in [-0.15, -0.1) is 0 Å². The minimum Gasteiger partial charge on any atom is -0.506 e. The molecule has 1 rings (SSSR count). The van der Waals surface area contributed by atoms with Crippen molar-refractivity contribution in [2.75, 3.05) is 13.2 Å². The van der Waals surface area contributed by atoms with Crippen LogP contribution in [-0.2, 0) is 15.3 Å². The largest absolute Gasteiger partial charge is 0.506 e. The molecule has 0 radical (unpaired) electrons. The molecule has 0 aliphatic carbocycles. The van der Waals surface area contributed by atoms with E-state index in [2.05, 4.69) is 16.9 Å². The number of hydrogen-bond donors (Lipinski definition) is 2. The highest BCUT2D eigenvalue weighted by molar-refractivity contribution is 8.12. The summed E-state index contributed by atoms with van der Waals surface area (Å²) in [6, 6.07) is 0. The Labute approximate surface area is 127 Å². The molecule has 0 bridgehead atoms. The quantitative estimate of drug-likeness (QED) is 0.783. The van der Waals surface area contributed by atoms with Crippen molar-refractivity contribution in [3.05, 3.63) is 29.6 Å². The topological polar surface area (TPSA) is 88.5 Å². The third-order valence-electron chi connectivity index (χ3n) is 2.62. The van der Waals surface area contributed by atoms with Crippen molar-refractivity contribution < 1.29 is 19.4 Å². The molecule has 6 nitrogen and oxygen atoms in total. The fourth-order valence-electron chi connectivity index (χ4n) is 1.53. The molecule has 7 heteroatoms. The summed E-state index contributed by atoms with van der Waals surface area (Å²) < 4.78 is 4.70. The fraction of sp³-hybridized carbons (Fsp3) is 0.357. The summed E-state index contributed by atoms with van der Waals surface area (Å²) in [5, 5.41) is 12.0. The first-order valence-corrected chi connectivity index (χ1v) is 7.34. The van der Waals surface area contributed by atoms with Gasteiger partial charge in [-0.05, 0) is 19.4 Å². The smallest absolute Gasteiger partial charge is 0.325 e. The standard InChI is InChI=1S/C14H18N2O4S/c1-4-10-6-15-9(3)13(18)11(10)8-21-14(19)16-7-12(17)20-5-2/h4,6,18H,1,5,7-8H2,2-3H3,(H,16,19). The number of aromatic nitrogens is 1. The van der Waals surface area contributed by atoms with Crippen molar-refractivity contribution in [1.82, 2.24) is 10.3 Å². The van der Waals surface area contributed by atoms with Crippen molar-refractivity contribution in [3.8, 4) is 5.75 Å². The Bertz CT molecular complexity index is 546. The molecule has 1 amide bonds. The third-order valence-corrected chi connectivity index (χ3v) is 3.46. The van der Waals surface area contributed by atoms with Crippen molar-refractivity contribution in [2.24, 2.45) is 0 Å². The van der Waals surface area contributed by atoms with E-state index in [4.69, 9.17) is 4.74 Å². The number of carbonyl (C=O) groups is 2. The second-order valence-corrected chi connectivity index (χ2v) is 5.01. The summed E-state index contributed by atoms with van der Waals surface area (Å²) in [6.07, 6.45) is 3.16. The lowest BCUT2D eigenvalue weighted by Crippen LogP contribution is -2.27. The number of ether oxygens (including phenoxy) is 1. The van der Waals surface area contributed by atoms with Crippen LogP contribution < -0.4 is 5.32 Å². The molecule has 21 heavy (non-hydrogen) atoms. The average molecular weight is 310 g/mol. The first kappa shape index (κ1) is 17.0. The molecule has 0 spiro atoms. The van der Waals surface area contributed by atoms with Crippen LogP contribution in [0.15, 0.2) is 12.8 Å². The van der Waals surface area contributed by atoms with Crippen LogP contribution in [0.2, 0.25) is 0 Å². The van der Waals surface area contributed by atoms with E-state index in [9.17, 15) is 14.7 Å². The zero-order valence-electron chi connectivity index (χ0n) is 12.0. The summed E-state index contributed by atoms with van der Waals surface area (Å²) >= 11 is 0.949. The Morgan fingerprint density at radius 2 is 2.29 bits per heavy atom. The molecule has 1 heterocycles. The van der Waals surface area contributed by atoms with Gasteiger partial charge in [-0.3, -0.25) is 14.6 Å². The van der Waals surface area contributed by atoms with Gasteiger partial charge in [0.1, 0.15) is 12.3 Å². The second-order valence-electron chi connectivity index (χ2n) is 4.06. The van der Waals surface area contributed by atoms with E-state index in [0.29, 0.717) is 16.8 Å². The highest BCUT2D eigenvalue weighted by Crippen LogP contribution is 2.28. The molecule has 0 saturated heterocycles. The summed E-state index contributed by atoms with van der Waals surface area (Å²) in [4.78, 5) is 26.8. The lowest BCUT2D eigenvalue weighted by atomic mass is 10.1. The Morgan fingerprint density at radius 3 is 2.90 bits per heavy atom. The summed E-state index contributed by atoms with van der Waals surface area (Å²) in [5.74, 6) is -0.176. The van der Waals surface area contributed by atoms with Crippen LogP contribution in [0.25, 0.3) is 6.08 Å². The van der Waals surface area contributed by atoms with Crippen LogP contribution >= 0.6 is 11.8 Å². The van der Waals surface area contributed by atoms with E-state index < -0.39 is 5.97 Å². The zero-order chi connectivity index (χ0) is 15.8. The van der Waals surface area contributed by atoms with E-state index in [-0.39, 0.29) is 29.9 Å². The predicted octanol–water partition coefficient (Wildman–Crippen LogP) is 2.24. The lowest BCUT2D eigenvalue weighted by molar-refractivity contribution is -0.141. The van der Waals surface area contributed by atoms with Gasteiger partial charge < -0.3 is 15.2 Å². The van der Waals surface area contributed by atoms with Crippen molar-refractivity contribution in [1.29, 1.82) is 0 Å². The molecule has 1 aromatic heterocycles. The van der Waals surface area contributed by atoms with Crippen LogP contribution in [0.5, 0.6) is 5.75 Å². The maximum atomic E-state index is 11.6. The lowest BCUT2D eigenvalue weighted by Gasteiger charge is -2.10. The maximum absolute atomic E-state index is 11.6. The molecule has 0 aromatic carbocycles. The SMILES string of the molecule is C=Cc1cnc(C)c(O)c1CSC(=O)NCC(=O)OCC. The third kappa shape index (κ3) is 5.11. The highest BCUT2D eigenvalue weighted by atomic mass is 32.2. The molecule has 0 atom stereocenters. The zero-order valence-corrected chi connectivity index (χ0v) is 12.8. The molecular formula is C14H18N2O4S. The maximum Gasteiger partial charge on any atom is 0.325 e. The Hall–Kier alpha value is -2.02. The first-order chi connectivity index (χ1) is 9.99. The van der Waals surface area contributed by atoms with E-state index in [1.807, 2.05) is 0 Å². The van der Waals surface area contributed by atoms with Gasteiger partial charge in [-0.25, -0.2) is 0 Å². The van der Waals surface area contributed by atoms with Crippen LogP contribution in [-0.4, -0.2) is 34.5 Å². The number of hydrogen-bond acceptors (Lipinski definition) is 6. The summed E-state index contributed by atoms with van der Waals surface area (Å²) in [7, 11) is 0. The Balaban J connectivity index is 2.59. The summed E-state index contributed by atoms with van der Waals surface area (Å²) in [5.41, 5.74) is 1.75. The normalized spacial score (nSPS) is 10.0. The van der Waals surface area contributed by atoms with Gasteiger partial charge in [0.15, 0.2) is 0 Å². The molecule has 2 N–H and O–H groups in total. The Kier molecular flexibility index (Phi) is 6.74. The van der Waals surface area contributed by atoms with Gasteiger partial charge in [0.05, 0.1) is 12.3 Å².